The normalized spacial score (nSPS) is 75.4. The minimum absolute atomic E-state index is 0.0455. The molecule has 8 fully saturated rings. The predicted molar refractivity (Wildman–Crippen MR) is 93.8 cm³/mol. The van der Waals surface area contributed by atoms with Crippen LogP contribution in [0.15, 0.2) is 0 Å². The molecule has 0 radical (unpaired) electrons. The number of Topliss-reactive ketones (excluding diaryl/α,β-unsaturated/α-hetero) is 1. The number of hydrogen-bond donors (Lipinski definition) is 0. The molecule has 26 heavy (non-hydrogen) atoms. The van der Waals surface area contributed by atoms with Gasteiger partial charge in [0.05, 0.1) is 12.2 Å². The van der Waals surface area contributed by atoms with Crippen molar-refractivity contribution in [3.8, 4) is 0 Å². The summed E-state index contributed by atoms with van der Waals surface area (Å²) in [5, 5.41) is 0. The van der Waals surface area contributed by atoms with Crippen molar-refractivity contribution in [3.05, 3.63) is 0 Å². The van der Waals surface area contributed by atoms with Crippen molar-refractivity contribution < 1.29 is 14.3 Å². The number of ketones is 1. The molecule has 0 aromatic carbocycles. The van der Waals surface area contributed by atoms with E-state index in [2.05, 4.69) is 13.8 Å². The van der Waals surface area contributed by atoms with Gasteiger partial charge >= 0.3 is 0 Å². The van der Waals surface area contributed by atoms with Gasteiger partial charge < -0.3 is 9.47 Å². The second-order valence-electron chi connectivity index (χ2n) is 11.8. The largest absolute Gasteiger partial charge is 0.349 e. The predicted octanol–water partition coefficient (Wildman–Crippen LogP) is 3.52. The van der Waals surface area contributed by atoms with E-state index in [1.165, 1.54) is 25.7 Å². The summed E-state index contributed by atoms with van der Waals surface area (Å²) in [4.78, 5) is 13.3. The first-order valence-electron chi connectivity index (χ1n) is 11.3. The highest BCUT2D eigenvalue weighted by Crippen LogP contribution is 2.87. The number of carbonyl (C=O) groups is 1. The molecule has 3 heteroatoms. The fourth-order valence-electron chi connectivity index (χ4n) is 11.9. The Hall–Kier alpha value is -0.410. The number of rotatable bonds is 1. The molecule has 8 rings (SSSR count). The van der Waals surface area contributed by atoms with Gasteiger partial charge in [0.25, 0.3) is 0 Å². The second-order valence-corrected chi connectivity index (χ2v) is 11.8. The fourth-order valence-corrected chi connectivity index (χ4v) is 11.9. The van der Waals surface area contributed by atoms with Crippen molar-refractivity contribution in [1.82, 2.24) is 0 Å². The van der Waals surface area contributed by atoms with E-state index in [1.807, 2.05) is 6.92 Å². The summed E-state index contributed by atoms with van der Waals surface area (Å²) in [6.07, 6.45) is 5.85. The maximum Gasteiger partial charge on any atom is 0.164 e. The first-order valence-corrected chi connectivity index (χ1v) is 11.3. The Labute approximate surface area is 155 Å². The van der Waals surface area contributed by atoms with Gasteiger partial charge in [-0.25, -0.2) is 0 Å². The zero-order valence-electron chi connectivity index (χ0n) is 16.1. The molecule has 2 heterocycles. The SMILES string of the molecule is CC(=O)[C@]1(C)[C@@H]2[C@H]3[C@@H]4[C@H]1[C@@H]1CC[C@H]5O[C@H]6O[C@@H]7CC[C@H]([C@@H]27)[C@@H]3[C@@]6(C)[C@@H]4[C@H]15. The molecule has 2 saturated heterocycles. The molecule has 4 bridgehead atoms. The average molecular weight is 354 g/mol. The van der Waals surface area contributed by atoms with Crippen LogP contribution in [0.2, 0.25) is 0 Å². The van der Waals surface area contributed by atoms with Gasteiger partial charge in [0.15, 0.2) is 6.29 Å². The summed E-state index contributed by atoms with van der Waals surface area (Å²) >= 11 is 0. The Bertz CT molecular complexity index is 763. The van der Waals surface area contributed by atoms with Crippen molar-refractivity contribution in [2.75, 3.05) is 0 Å². The van der Waals surface area contributed by atoms with Gasteiger partial charge in [-0.2, -0.15) is 0 Å². The lowest BCUT2D eigenvalue weighted by Gasteiger charge is -2.52. The van der Waals surface area contributed by atoms with Crippen LogP contribution in [0.1, 0.15) is 46.5 Å². The van der Waals surface area contributed by atoms with Crippen LogP contribution >= 0.6 is 0 Å². The number of fused-ring (bicyclic) bond motifs is 1. The quantitative estimate of drug-likeness (QED) is 0.723. The molecular weight excluding hydrogens is 324 g/mol. The van der Waals surface area contributed by atoms with Crippen LogP contribution in [-0.4, -0.2) is 24.3 Å². The molecule has 2 aliphatic heterocycles. The van der Waals surface area contributed by atoms with Gasteiger partial charge in [0, 0.05) is 10.8 Å². The topological polar surface area (TPSA) is 35.5 Å². The lowest BCUT2D eigenvalue weighted by atomic mass is 9.62. The van der Waals surface area contributed by atoms with Crippen LogP contribution in [0, 0.1) is 70.0 Å². The molecular formula is C23H30O3. The first kappa shape index (κ1) is 14.6. The molecule has 6 aliphatic carbocycles. The van der Waals surface area contributed by atoms with Gasteiger partial charge in [-0.3, -0.25) is 4.79 Å². The van der Waals surface area contributed by atoms with Crippen LogP contribution in [0.4, 0.5) is 0 Å². The van der Waals surface area contributed by atoms with Gasteiger partial charge in [0.2, 0.25) is 0 Å². The highest BCUT2D eigenvalue weighted by Gasteiger charge is 2.87. The van der Waals surface area contributed by atoms with Crippen LogP contribution in [0.5, 0.6) is 0 Å². The van der Waals surface area contributed by atoms with E-state index in [0.29, 0.717) is 35.7 Å². The number of hydrogen-bond acceptors (Lipinski definition) is 3. The third-order valence-corrected chi connectivity index (χ3v) is 12.0. The molecule has 3 nitrogen and oxygen atoms in total. The molecule has 140 valence electrons. The standard InChI is InChI=1S/C23H30O3/c1-8(24)22(2)17-9-4-6-12-14(9)20-15(17)16-18-10-5-7-11(13(10)19(16)22)25-21(26-12)23(18,20)3/h9-21H,4-7H2,1-3H3/t9-,10-,11-,12-,13-,14-,15-,16+,17-,18+,19+,20-,21-,22+,23+/m1/s1. The van der Waals surface area contributed by atoms with E-state index in [9.17, 15) is 4.79 Å². The Morgan fingerprint density at radius 3 is 2.00 bits per heavy atom. The highest BCUT2D eigenvalue weighted by molar-refractivity contribution is 5.84. The summed E-state index contributed by atoms with van der Waals surface area (Å²) < 4.78 is 13.6. The smallest absolute Gasteiger partial charge is 0.164 e. The van der Waals surface area contributed by atoms with Crippen molar-refractivity contribution in [3.63, 3.8) is 0 Å². The molecule has 15 atom stereocenters. The molecule has 6 saturated carbocycles. The summed E-state index contributed by atoms with van der Waals surface area (Å²) in [5.41, 5.74) is 0.128. The minimum atomic E-state index is -0.0932. The Morgan fingerprint density at radius 2 is 1.35 bits per heavy atom. The van der Waals surface area contributed by atoms with E-state index in [-0.39, 0.29) is 17.1 Å². The maximum absolute atomic E-state index is 13.3. The number of ether oxygens (including phenoxy) is 2. The summed E-state index contributed by atoms with van der Waals surface area (Å²) in [7, 11) is 0. The summed E-state index contributed by atoms with van der Waals surface area (Å²) in [5.74, 6) is 7.74. The monoisotopic (exact) mass is 354 g/mol. The molecule has 8 aliphatic rings. The van der Waals surface area contributed by atoms with Gasteiger partial charge in [-0.05, 0) is 91.8 Å². The lowest BCUT2D eigenvalue weighted by molar-refractivity contribution is -0.302. The van der Waals surface area contributed by atoms with Crippen LogP contribution in [0.3, 0.4) is 0 Å². The van der Waals surface area contributed by atoms with Crippen LogP contribution in [0.25, 0.3) is 0 Å². The third kappa shape index (κ3) is 1.08. The van der Waals surface area contributed by atoms with E-state index in [0.717, 1.165) is 41.4 Å². The van der Waals surface area contributed by atoms with Crippen molar-refractivity contribution in [2.24, 2.45) is 70.0 Å². The Morgan fingerprint density at radius 1 is 0.769 bits per heavy atom. The minimum Gasteiger partial charge on any atom is -0.349 e. The molecule has 0 aromatic rings. The molecule has 0 unspecified atom stereocenters. The molecule has 0 amide bonds. The Kier molecular flexibility index (Phi) is 2.16. The van der Waals surface area contributed by atoms with Crippen LogP contribution < -0.4 is 0 Å². The zero-order chi connectivity index (χ0) is 17.3. The highest BCUT2D eigenvalue weighted by atomic mass is 16.7. The van der Waals surface area contributed by atoms with Gasteiger partial charge in [-0.15, -0.1) is 0 Å². The van der Waals surface area contributed by atoms with E-state index >= 15 is 0 Å². The van der Waals surface area contributed by atoms with Crippen molar-refractivity contribution in [2.45, 2.75) is 65.0 Å². The maximum atomic E-state index is 13.3. The second kappa shape index (κ2) is 3.85. The fraction of sp³-hybridized carbons (Fsp3) is 0.957. The third-order valence-electron chi connectivity index (χ3n) is 12.0. The number of carbonyl (C=O) groups excluding carboxylic acids is 1. The molecule has 0 spiro atoms. The lowest BCUT2D eigenvalue weighted by Crippen LogP contribution is -2.55. The first-order chi connectivity index (χ1) is 12.5. The average Bonchev–Trinajstić information content (AvgIpc) is 3.32. The van der Waals surface area contributed by atoms with Crippen LogP contribution in [-0.2, 0) is 14.3 Å². The molecule has 0 N–H and O–H groups in total. The van der Waals surface area contributed by atoms with Gasteiger partial charge in [0.1, 0.15) is 5.78 Å². The van der Waals surface area contributed by atoms with E-state index in [1.54, 1.807) is 0 Å². The van der Waals surface area contributed by atoms with Gasteiger partial charge in [-0.1, -0.05) is 13.8 Å². The van der Waals surface area contributed by atoms with Crippen molar-refractivity contribution in [1.29, 1.82) is 0 Å². The Balaban J connectivity index is 1.47. The van der Waals surface area contributed by atoms with E-state index < -0.39 is 0 Å². The summed E-state index contributed by atoms with van der Waals surface area (Å²) in [6, 6.07) is 0. The zero-order valence-corrected chi connectivity index (χ0v) is 16.1. The summed E-state index contributed by atoms with van der Waals surface area (Å²) in [6.45, 7) is 6.89. The van der Waals surface area contributed by atoms with E-state index in [4.69, 9.17) is 9.47 Å². The van der Waals surface area contributed by atoms with Crippen molar-refractivity contribution >= 4 is 5.78 Å². The molecule has 0 aromatic heterocycles.